The van der Waals surface area contributed by atoms with E-state index in [0.29, 0.717) is 6.54 Å². The second-order valence-electron chi connectivity index (χ2n) is 3.99. The number of rotatable bonds is 3. The highest BCUT2D eigenvalue weighted by molar-refractivity contribution is 7.91. The molecule has 0 unspecified atom stereocenters. The summed E-state index contributed by atoms with van der Waals surface area (Å²) in [4.78, 5) is 3.96. The van der Waals surface area contributed by atoms with Crippen molar-refractivity contribution in [3.8, 4) is 0 Å². The van der Waals surface area contributed by atoms with E-state index in [0.717, 1.165) is 5.56 Å². The minimum atomic E-state index is -3.08. The van der Waals surface area contributed by atoms with Crippen molar-refractivity contribution in [3.63, 3.8) is 0 Å². The molecule has 2 atom stereocenters. The topological polar surface area (TPSA) is 79.3 Å². The second-order valence-corrected chi connectivity index (χ2v) is 6.15. The van der Waals surface area contributed by atoms with Crippen LogP contribution in [0.15, 0.2) is 24.5 Å². The molecule has 2 heterocycles. The number of aliphatic hydroxyl groups is 1. The summed E-state index contributed by atoms with van der Waals surface area (Å²) in [6, 6.07) is 3.35. The van der Waals surface area contributed by atoms with E-state index in [1.807, 2.05) is 12.1 Å². The molecular weight excluding hydrogens is 228 g/mol. The zero-order valence-electron chi connectivity index (χ0n) is 8.70. The number of sulfone groups is 1. The van der Waals surface area contributed by atoms with Gasteiger partial charge in [0.15, 0.2) is 9.84 Å². The summed E-state index contributed by atoms with van der Waals surface area (Å²) in [6.45, 7) is 0.519. The first-order valence-corrected chi connectivity index (χ1v) is 6.90. The van der Waals surface area contributed by atoms with Crippen LogP contribution in [-0.2, 0) is 16.4 Å². The molecule has 16 heavy (non-hydrogen) atoms. The number of pyridine rings is 1. The first kappa shape index (κ1) is 11.5. The zero-order valence-corrected chi connectivity index (χ0v) is 9.52. The maximum absolute atomic E-state index is 11.3. The fourth-order valence-corrected chi connectivity index (χ4v) is 3.55. The Labute approximate surface area is 94.4 Å². The summed E-state index contributed by atoms with van der Waals surface area (Å²) in [7, 11) is -3.08. The molecule has 0 aromatic carbocycles. The molecule has 1 aliphatic rings. The smallest absolute Gasteiger partial charge is 0.154 e. The summed E-state index contributed by atoms with van der Waals surface area (Å²) in [5.74, 6) is -0.133. The van der Waals surface area contributed by atoms with E-state index < -0.39 is 15.9 Å². The van der Waals surface area contributed by atoms with Gasteiger partial charge >= 0.3 is 0 Å². The molecule has 1 saturated heterocycles. The second kappa shape index (κ2) is 4.48. The van der Waals surface area contributed by atoms with Crippen LogP contribution < -0.4 is 5.32 Å². The number of hydrogen-bond donors (Lipinski definition) is 2. The standard InChI is InChI=1S/C10H14N2O3S/c13-10-7-16(14,15)6-9(10)12-5-8-2-1-3-11-4-8/h1-4,9-10,12-13H,5-7H2/t9-,10+/m1/s1. The molecule has 0 radical (unpaired) electrons. The third kappa shape index (κ3) is 2.78. The van der Waals surface area contributed by atoms with Crippen LogP contribution in [0, 0.1) is 0 Å². The molecule has 0 spiro atoms. The van der Waals surface area contributed by atoms with Gasteiger partial charge in [0.05, 0.1) is 17.6 Å². The first-order chi connectivity index (χ1) is 7.57. The highest BCUT2D eigenvalue weighted by Gasteiger charge is 2.35. The molecule has 88 valence electrons. The van der Waals surface area contributed by atoms with Gasteiger partial charge in [-0.3, -0.25) is 4.98 Å². The van der Waals surface area contributed by atoms with Gasteiger partial charge in [-0.05, 0) is 11.6 Å². The first-order valence-electron chi connectivity index (χ1n) is 5.07. The number of aliphatic hydroxyl groups excluding tert-OH is 1. The van der Waals surface area contributed by atoms with Crippen molar-refractivity contribution < 1.29 is 13.5 Å². The van der Waals surface area contributed by atoms with Gasteiger partial charge in [0, 0.05) is 25.0 Å². The average molecular weight is 242 g/mol. The van der Waals surface area contributed by atoms with E-state index in [1.165, 1.54) is 0 Å². The molecule has 1 aliphatic heterocycles. The van der Waals surface area contributed by atoms with Crippen molar-refractivity contribution in [2.24, 2.45) is 0 Å². The predicted octanol–water partition coefficient (Wildman–Crippen LogP) is -0.671. The average Bonchev–Trinajstić information content (AvgIpc) is 2.50. The van der Waals surface area contributed by atoms with Crippen molar-refractivity contribution >= 4 is 9.84 Å². The Hall–Kier alpha value is -0.980. The van der Waals surface area contributed by atoms with E-state index in [2.05, 4.69) is 10.3 Å². The monoisotopic (exact) mass is 242 g/mol. The maximum Gasteiger partial charge on any atom is 0.154 e. The minimum absolute atomic E-state index is 0.00836. The lowest BCUT2D eigenvalue weighted by molar-refractivity contribution is 0.165. The fraction of sp³-hybridized carbons (Fsp3) is 0.500. The lowest BCUT2D eigenvalue weighted by Crippen LogP contribution is -2.38. The van der Waals surface area contributed by atoms with Crippen molar-refractivity contribution in [2.45, 2.75) is 18.7 Å². The van der Waals surface area contributed by atoms with Crippen LogP contribution in [0.3, 0.4) is 0 Å². The quantitative estimate of drug-likeness (QED) is 0.735. The van der Waals surface area contributed by atoms with Crippen molar-refractivity contribution in [1.82, 2.24) is 10.3 Å². The Morgan fingerprint density at radius 2 is 2.31 bits per heavy atom. The largest absolute Gasteiger partial charge is 0.390 e. The SMILES string of the molecule is O=S1(=O)C[C@H](O)[C@H](NCc2cccnc2)C1. The molecule has 0 bridgehead atoms. The Morgan fingerprint density at radius 3 is 2.88 bits per heavy atom. The zero-order chi connectivity index (χ0) is 11.6. The summed E-state index contributed by atoms with van der Waals surface area (Å²) >= 11 is 0. The molecule has 0 amide bonds. The van der Waals surface area contributed by atoms with Crippen LogP contribution in [0.2, 0.25) is 0 Å². The van der Waals surface area contributed by atoms with Gasteiger partial charge in [-0.15, -0.1) is 0 Å². The van der Waals surface area contributed by atoms with Crippen LogP contribution in [-0.4, -0.2) is 42.2 Å². The van der Waals surface area contributed by atoms with Crippen molar-refractivity contribution in [2.75, 3.05) is 11.5 Å². The summed E-state index contributed by atoms with van der Waals surface area (Å²) < 4.78 is 22.5. The number of nitrogens with zero attached hydrogens (tertiary/aromatic N) is 1. The Bertz CT molecular complexity index is 446. The molecule has 1 aromatic heterocycles. The summed E-state index contributed by atoms with van der Waals surface area (Å²) in [5, 5.41) is 12.6. The summed E-state index contributed by atoms with van der Waals surface area (Å²) in [6.07, 6.45) is 2.59. The van der Waals surface area contributed by atoms with E-state index in [9.17, 15) is 13.5 Å². The molecule has 6 heteroatoms. The highest BCUT2D eigenvalue weighted by Crippen LogP contribution is 2.12. The normalized spacial score (nSPS) is 28.1. The summed E-state index contributed by atoms with van der Waals surface area (Å²) in [5.41, 5.74) is 0.971. The van der Waals surface area contributed by atoms with E-state index in [-0.39, 0.29) is 17.5 Å². The molecule has 2 rings (SSSR count). The van der Waals surface area contributed by atoms with Gasteiger partial charge in [0.1, 0.15) is 0 Å². The fourth-order valence-electron chi connectivity index (χ4n) is 1.78. The molecule has 1 fully saturated rings. The Balaban J connectivity index is 1.92. The molecule has 0 saturated carbocycles. The highest BCUT2D eigenvalue weighted by atomic mass is 32.2. The number of hydrogen-bond acceptors (Lipinski definition) is 5. The lowest BCUT2D eigenvalue weighted by Gasteiger charge is -2.14. The Kier molecular flexibility index (Phi) is 3.22. The van der Waals surface area contributed by atoms with Gasteiger partial charge < -0.3 is 10.4 Å². The van der Waals surface area contributed by atoms with Gasteiger partial charge in [-0.2, -0.15) is 0 Å². The predicted molar refractivity (Wildman–Crippen MR) is 59.5 cm³/mol. The molecule has 5 nitrogen and oxygen atoms in total. The molecular formula is C10H14N2O3S. The lowest BCUT2D eigenvalue weighted by atomic mass is 10.2. The molecule has 0 aliphatic carbocycles. The van der Waals surface area contributed by atoms with Gasteiger partial charge in [-0.1, -0.05) is 6.07 Å². The van der Waals surface area contributed by atoms with Crippen LogP contribution in [0.4, 0.5) is 0 Å². The van der Waals surface area contributed by atoms with Crippen LogP contribution >= 0.6 is 0 Å². The third-order valence-electron chi connectivity index (χ3n) is 2.61. The number of aromatic nitrogens is 1. The van der Waals surface area contributed by atoms with Crippen molar-refractivity contribution in [1.29, 1.82) is 0 Å². The van der Waals surface area contributed by atoms with Gasteiger partial charge in [0.2, 0.25) is 0 Å². The third-order valence-corrected chi connectivity index (χ3v) is 4.33. The maximum atomic E-state index is 11.3. The Morgan fingerprint density at radius 1 is 1.50 bits per heavy atom. The van der Waals surface area contributed by atoms with E-state index in [1.54, 1.807) is 12.4 Å². The minimum Gasteiger partial charge on any atom is -0.390 e. The van der Waals surface area contributed by atoms with Crippen LogP contribution in [0.5, 0.6) is 0 Å². The van der Waals surface area contributed by atoms with Crippen LogP contribution in [0.1, 0.15) is 5.56 Å². The molecule has 1 aromatic rings. The van der Waals surface area contributed by atoms with Gasteiger partial charge in [0.25, 0.3) is 0 Å². The van der Waals surface area contributed by atoms with E-state index >= 15 is 0 Å². The van der Waals surface area contributed by atoms with E-state index in [4.69, 9.17) is 0 Å². The number of nitrogens with one attached hydrogen (secondary N) is 1. The van der Waals surface area contributed by atoms with Crippen molar-refractivity contribution in [3.05, 3.63) is 30.1 Å². The molecule has 2 N–H and O–H groups in total. The van der Waals surface area contributed by atoms with Crippen LogP contribution in [0.25, 0.3) is 0 Å². The van der Waals surface area contributed by atoms with Gasteiger partial charge in [-0.25, -0.2) is 8.42 Å².